The van der Waals surface area contributed by atoms with Crippen LogP contribution in [0.25, 0.3) is 0 Å². The van der Waals surface area contributed by atoms with Crippen LogP contribution in [0, 0.1) is 0 Å². The highest BCUT2D eigenvalue weighted by atomic mass is 127. The van der Waals surface area contributed by atoms with Crippen molar-refractivity contribution < 1.29 is 0 Å². The van der Waals surface area contributed by atoms with Gasteiger partial charge in [-0.25, -0.2) is 0 Å². The Bertz CT molecular complexity index is 734. The summed E-state index contributed by atoms with van der Waals surface area (Å²) in [5.74, 6) is 4.21. The molecule has 2 heterocycles. The Morgan fingerprint density at radius 2 is 2.00 bits per heavy atom. The van der Waals surface area contributed by atoms with E-state index in [-0.39, 0.29) is 24.0 Å². The van der Waals surface area contributed by atoms with Crippen LogP contribution in [0.1, 0.15) is 44.3 Å². The minimum Gasteiger partial charge on any atom is -0.357 e. The van der Waals surface area contributed by atoms with Crippen molar-refractivity contribution in [1.82, 2.24) is 25.4 Å². The summed E-state index contributed by atoms with van der Waals surface area (Å²) in [4.78, 5) is 6.02. The van der Waals surface area contributed by atoms with Crippen molar-refractivity contribution in [2.24, 2.45) is 4.99 Å². The maximum absolute atomic E-state index is 4.72. The fraction of sp³-hybridized carbons (Fsp3) is 0.571. The van der Waals surface area contributed by atoms with Crippen molar-refractivity contribution in [1.29, 1.82) is 0 Å². The van der Waals surface area contributed by atoms with Gasteiger partial charge in [-0.05, 0) is 38.3 Å². The molecule has 0 saturated carbocycles. The van der Waals surface area contributed by atoms with E-state index < -0.39 is 0 Å². The molecule has 6 nitrogen and oxygen atoms in total. The summed E-state index contributed by atoms with van der Waals surface area (Å²) in [6.45, 7) is 5.73. The average Bonchev–Trinajstić information content (AvgIpc) is 2.95. The summed E-state index contributed by atoms with van der Waals surface area (Å²) in [5.41, 5.74) is 0. The molecule has 0 fully saturated rings. The number of thioether (sulfide) groups is 1. The van der Waals surface area contributed by atoms with Gasteiger partial charge in [-0.1, -0.05) is 24.6 Å². The second-order valence-electron chi connectivity index (χ2n) is 6.95. The van der Waals surface area contributed by atoms with Gasteiger partial charge in [-0.2, -0.15) is 0 Å². The van der Waals surface area contributed by atoms with Crippen molar-refractivity contribution in [2.45, 2.75) is 56.9 Å². The van der Waals surface area contributed by atoms with Crippen molar-refractivity contribution in [3.8, 4) is 0 Å². The number of aromatic nitrogens is 3. The molecule has 0 unspecified atom stereocenters. The Morgan fingerprint density at radius 3 is 2.83 bits per heavy atom. The molecule has 1 aliphatic heterocycles. The molecule has 29 heavy (non-hydrogen) atoms. The van der Waals surface area contributed by atoms with Crippen LogP contribution in [0.5, 0.6) is 0 Å². The number of guanidine groups is 1. The highest BCUT2D eigenvalue weighted by Crippen LogP contribution is 2.16. The van der Waals surface area contributed by atoms with Gasteiger partial charge in [0.1, 0.15) is 11.6 Å². The monoisotopic (exact) mass is 528 g/mol. The van der Waals surface area contributed by atoms with Gasteiger partial charge in [0, 0.05) is 49.7 Å². The molecule has 0 atom stereocenters. The maximum atomic E-state index is 4.72. The minimum absolute atomic E-state index is 0. The Balaban J connectivity index is 0.00000300. The quantitative estimate of drug-likeness (QED) is 0.170. The zero-order valence-electron chi connectivity index (χ0n) is 17.3. The first kappa shape index (κ1) is 24.0. The molecule has 0 amide bonds. The molecule has 0 radical (unpaired) electrons. The van der Waals surface area contributed by atoms with E-state index >= 15 is 0 Å². The molecule has 1 aliphatic rings. The second kappa shape index (κ2) is 13.8. The highest BCUT2D eigenvalue weighted by molar-refractivity contribution is 14.0. The molecule has 0 bridgehead atoms. The molecule has 1 aromatic carbocycles. The van der Waals surface area contributed by atoms with Crippen LogP contribution in [0.15, 0.2) is 40.2 Å². The zero-order valence-corrected chi connectivity index (χ0v) is 20.4. The molecule has 8 heteroatoms. The van der Waals surface area contributed by atoms with Gasteiger partial charge < -0.3 is 15.2 Å². The predicted molar refractivity (Wildman–Crippen MR) is 132 cm³/mol. The molecule has 3 rings (SSSR count). The zero-order chi connectivity index (χ0) is 19.4. The fourth-order valence-electron chi connectivity index (χ4n) is 3.36. The Hall–Kier alpha value is -1.29. The second-order valence-corrected chi connectivity index (χ2v) is 8.12. The van der Waals surface area contributed by atoms with Gasteiger partial charge in [0.15, 0.2) is 5.96 Å². The lowest BCUT2D eigenvalue weighted by atomic mass is 10.2. The van der Waals surface area contributed by atoms with Crippen molar-refractivity contribution in [2.75, 3.05) is 25.4 Å². The van der Waals surface area contributed by atoms with Crippen LogP contribution in [0.3, 0.4) is 0 Å². The van der Waals surface area contributed by atoms with Gasteiger partial charge in [0.25, 0.3) is 0 Å². The molecule has 160 valence electrons. The largest absolute Gasteiger partial charge is 0.357 e. The third kappa shape index (κ3) is 8.16. The van der Waals surface area contributed by atoms with E-state index in [2.05, 4.69) is 62.7 Å². The van der Waals surface area contributed by atoms with Crippen molar-refractivity contribution >= 4 is 41.7 Å². The predicted octanol–water partition coefficient (Wildman–Crippen LogP) is 3.90. The van der Waals surface area contributed by atoms with Crippen LogP contribution in [0.2, 0.25) is 0 Å². The first-order valence-corrected chi connectivity index (χ1v) is 11.5. The lowest BCUT2D eigenvalue weighted by Crippen LogP contribution is -2.38. The topological polar surface area (TPSA) is 67.1 Å². The van der Waals surface area contributed by atoms with Crippen molar-refractivity contribution in [3.05, 3.63) is 42.0 Å². The number of aliphatic imine (C=N–C) groups is 1. The SMILES string of the molecule is CCNC(=NCCCc1nnc2n1CCCCC2)NCCSc1ccccc1.I. The summed E-state index contributed by atoms with van der Waals surface area (Å²) in [6, 6.07) is 10.5. The summed E-state index contributed by atoms with van der Waals surface area (Å²) >= 11 is 1.86. The lowest BCUT2D eigenvalue weighted by molar-refractivity contribution is 0.597. The number of hydrogen-bond acceptors (Lipinski definition) is 4. The van der Waals surface area contributed by atoms with E-state index in [1.54, 1.807) is 0 Å². The number of halogens is 1. The fourth-order valence-corrected chi connectivity index (χ4v) is 4.14. The first-order chi connectivity index (χ1) is 13.9. The molecular weight excluding hydrogens is 495 g/mol. The van der Waals surface area contributed by atoms with Gasteiger partial charge in [0.05, 0.1) is 0 Å². The van der Waals surface area contributed by atoms with Crippen LogP contribution in [-0.4, -0.2) is 46.1 Å². The number of nitrogens with zero attached hydrogens (tertiary/aromatic N) is 4. The first-order valence-electron chi connectivity index (χ1n) is 10.5. The van der Waals surface area contributed by atoms with E-state index in [1.165, 1.54) is 30.0 Å². The third-order valence-corrected chi connectivity index (χ3v) is 5.78. The average molecular weight is 529 g/mol. The molecule has 1 aromatic heterocycles. The Labute approximate surface area is 195 Å². The smallest absolute Gasteiger partial charge is 0.191 e. The lowest BCUT2D eigenvalue weighted by Gasteiger charge is -2.11. The van der Waals surface area contributed by atoms with Crippen LogP contribution >= 0.6 is 35.7 Å². The number of fused-ring (bicyclic) bond motifs is 1. The van der Waals surface area contributed by atoms with E-state index in [4.69, 9.17) is 4.99 Å². The van der Waals surface area contributed by atoms with E-state index in [9.17, 15) is 0 Å². The number of hydrogen-bond donors (Lipinski definition) is 2. The maximum Gasteiger partial charge on any atom is 0.191 e. The Kier molecular flexibility index (Phi) is 11.5. The summed E-state index contributed by atoms with van der Waals surface area (Å²) in [7, 11) is 0. The molecule has 2 aromatic rings. The van der Waals surface area contributed by atoms with Gasteiger partial charge >= 0.3 is 0 Å². The number of rotatable bonds is 9. The molecule has 0 saturated heterocycles. The van der Waals surface area contributed by atoms with E-state index in [0.29, 0.717) is 0 Å². The third-order valence-electron chi connectivity index (χ3n) is 4.77. The molecule has 0 spiro atoms. The van der Waals surface area contributed by atoms with Gasteiger partial charge in [-0.3, -0.25) is 4.99 Å². The number of aryl methyl sites for hydroxylation is 2. The molecule has 0 aliphatic carbocycles. The Morgan fingerprint density at radius 1 is 1.14 bits per heavy atom. The van der Waals surface area contributed by atoms with Crippen molar-refractivity contribution in [3.63, 3.8) is 0 Å². The van der Waals surface area contributed by atoms with Crippen LogP contribution in [0.4, 0.5) is 0 Å². The summed E-state index contributed by atoms with van der Waals surface area (Å²) in [5, 5.41) is 15.6. The number of benzene rings is 1. The number of nitrogens with one attached hydrogen (secondary N) is 2. The summed E-state index contributed by atoms with van der Waals surface area (Å²) in [6.07, 6.45) is 6.79. The van der Waals surface area contributed by atoms with Gasteiger partial charge in [0.2, 0.25) is 0 Å². The molecular formula is C21H33IN6S. The minimum atomic E-state index is 0. The van der Waals surface area contributed by atoms with Crippen LogP contribution < -0.4 is 10.6 Å². The van der Waals surface area contributed by atoms with E-state index in [0.717, 1.165) is 63.0 Å². The standard InChI is InChI=1S/C21H32N6S.HI/c1-2-22-21(24-15-17-28-18-10-5-3-6-11-18)23-14-9-13-20-26-25-19-12-7-4-8-16-27(19)20;/h3,5-6,10-11H,2,4,7-9,12-17H2,1H3,(H2,22,23,24);1H. The normalized spacial score (nSPS) is 13.9. The highest BCUT2D eigenvalue weighted by Gasteiger charge is 2.13. The van der Waals surface area contributed by atoms with E-state index in [1.807, 2.05) is 11.8 Å². The molecule has 2 N–H and O–H groups in total. The summed E-state index contributed by atoms with van der Waals surface area (Å²) < 4.78 is 2.33. The van der Waals surface area contributed by atoms with Crippen LogP contribution in [-0.2, 0) is 19.4 Å². The van der Waals surface area contributed by atoms with Gasteiger partial charge in [-0.15, -0.1) is 45.9 Å².